The molecular formula is C12H12N4O4. The molecule has 0 aliphatic rings. The Hall–Kier alpha value is -2.90. The van der Waals surface area contributed by atoms with Crippen LogP contribution in [-0.2, 0) is 6.61 Å². The van der Waals surface area contributed by atoms with E-state index < -0.39 is 10.6 Å². The van der Waals surface area contributed by atoms with Crippen molar-refractivity contribution in [2.75, 3.05) is 12.4 Å². The third-order valence-corrected chi connectivity index (χ3v) is 2.60. The quantitative estimate of drug-likeness (QED) is 0.629. The van der Waals surface area contributed by atoms with Gasteiger partial charge < -0.3 is 10.1 Å². The Balaban J connectivity index is 2.21. The van der Waals surface area contributed by atoms with Crippen molar-refractivity contribution in [1.29, 1.82) is 0 Å². The van der Waals surface area contributed by atoms with Gasteiger partial charge in [0.2, 0.25) is 0 Å². The molecule has 0 saturated carbocycles. The van der Waals surface area contributed by atoms with Crippen LogP contribution >= 0.6 is 0 Å². The van der Waals surface area contributed by atoms with E-state index in [1.807, 2.05) is 0 Å². The molecule has 1 heterocycles. The summed E-state index contributed by atoms with van der Waals surface area (Å²) in [4.78, 5) is 27.5. The third-order valence-electron chi connectivity index (χ3n) is 2.60. The number of aromatic nitrogens is 2. The minimum absolute atomic E-state index is 0.000439. The Morgan fingerprint density at radius 2 is 2.20 bits per heavy atom. The van der Waals surface area contributed by atoms with Gasteiger partial charge >= 0.3 is 5.69 Å². The second-order valence-corrected chi connectivity index (χ2v) is 3.85. The number of nitro groups is 1. The number of benzene rings is 1. The number of nitrogens with zero attached hydrogens (tertiary/aromatic N) is 2. The van der Waals surface area contributed by atoms with Gasteiger partial charge in [0.15, 0.2) is 11.6 Å². The molecule has 8 heteroatoms. The van der Waals surface area contributed by atoms with Gasteiger partial charge in [-0.3, -0.25) is 15.1 Å². The number of para-hydroxylation sites is 1. The molecule has 0 spiro atoms. The third kappa shape index (κ3) is 2.91. The summed E-state index contributed by atoms with van der Waals surface area (Å²) >= 11 is 0. The minimum Gasteiger partial charge on any atom is -0.483 e. The van der Waals surface area contributed by atoms with Crippen molar-refractivity contribution in [2.45, 2.75) is 6.61 Å². The largest absolute Gasteiger partial charge is 0.483 e. The van der Waals surface area contributed by atoms with Gasteiger partial charge in [-0.25, -0.2) is 4.79 Å². The highest BCUT2D eigenvalue weighted by molar-refractivity contribution is 5.47. The Labute approximate surface area is 113 Å². The van der Waals surface area contributed by atoms with Crippen molar-refractivity contribution in [3.63, 3.8) is 0 Å². The minimum atomic E-state index is -0.507. The van der Waals surface area contributed by atoms with Crippen LogP contribution in [-0.4, -0.2) is 21.9 Å². The van der Waals surface area contributed by atoms with E-state index in [2.05, 4.69) is 15.3 Å². The highest BCUT2D eigenvalue weighted by Crippen LogP contribution is 2.22. The molecule has 2 N–H and O–H groups in total. The topological polar surface area (TPSA) is 110 Å². The molecule has 0 aliphatic heterocycles. The molecule has 2 rings (SSSR count). The maximum atomic E-state index is 11.1. The molecule has 0 bridgehead atoms. The average molecular weight is 276 g/mol. The second kappa shape index (κ2) is 5.83. The number of hydrogen-bond donors (Lipinski definition) is 2. The molecule has 1 aromatic carbocycles. The van der Waals surface area contributed by atoms with Crippen LogP contribution in [0.5, 0.6) is 5.75 Å². The van der Waals surface area contributed by atoms with Crippen molar-refractivity contribution >= 4 is 11.5 Å². The lowest BCUT2D eigenvalue weighted by atomic mass is 10.2. The first-order chi connectivity index (χ1) is 9.61. The number of nitrogens with one attached hydrogen (secondary N) is 2. The predicted molar refractivity (Wildman–Crippen MR) is 71.8 cm³/mol. The van der Waals surface area contributed by atoms with E-state index in [9.17, 15) is 14.9 Å². The summed E-state index contributed by atoms with van der Waals surface area (Å²) in [6.07, 6.45) is 1.26. The van der Waals surface area contributed by atoms with Crippen LogP contribution in [0.3, 0.4) is 0 Å². The van der Waals surface area contributed by atoms with Crippen molar-refractivity contribution in [3.8, 4) is 5.75 Å². The van der Waals surface area contributed by atoms with E-state index in [-0.39, 0.29) is 12.3 Å². The molecule has 0 amide bonds. The van der Waals surface area contributed by atoms with Gasteiger partial charge in [0.05, 0.1) is 16.7 Å². The average Bonchev–Trinajstić information content (AvgIpc) is 2.46. The Morgan fingerprint density at radius 1 is 1.45 bits per heavy atom. The first-order valence-corrected chi connectivity index (χ1v) is 5.74. The van der Waals surface area contributed by atoms with Crippen molar-refractivity contribution in [3.05, 3.63) is 56.6 Å². The summed E-state index contributed by atoms with van der Waals surface area (Å²) in [7, 11) is 1.61. The van der Waals surface area contributed by atoms with Crippen LogP contribution in [0.4, 0.5) is 11.5 Å². The number of nitro benzene ring substituents is 1. The fraction of sp³-hybridized carbons (Fsp3) is 0.167. The molecule has 1 aromatic heterocycles. The fourth-order valence-corrected chi connectivity index (χ4v) is 1.64. The summed E-state index contributed by atoms with van der Waals surface area (Å²) in [6, 6.07) is 6.29. The molecule has 0 atom stereocenters. The molecule has 0 aliphatic carbocycles. The maximum Gasteiger partial charge on any atom is 0.346 e. The molecule has 2 aromatic rings. The van der Waals surface area contributed by atoms with E-state index in [1.165, 1.54) is 12.3 Å². The van der Waals surface area contributed by atoms with E-state index in [4.69, 9.17) is 4.74 Å². The van der Waals surface area contributed by atoms with Gasteiger partial charge in [0.1, 0.15) is 6.61 Å². The first kappa shape index (κ1) is 13.5. The molecule has 0 unspecified atom stereocenters. The molecular weight excluding hydrogens is 264 g/mol. The zero-order valence-electron chi connectivity index (χ0n) is 10.6. The number of aromatic amines is 1. The van der Waals surface area contributed by atoms with Crippen LogP contribution in [0.15, 0.2) is 35.3 Å². The van der Waals surface area contributed by atoms with Gasteiger partial charge in [-0.2, -0.15) is 4.98 Å². The standard InChI is InChI=1S/C12H12N4O4/c1-13-11-10(6-14-12(17)15-11)20-7-8-4-2-3-5-9(8)16(18)19/h2-6H,7H2,1H3,(H2,13,14,15,17). The van der Waals surface area contributed by atoms with Gasteiger partial charge in [-0.05, 0) is 6.07 Å². The van der Waals surface area contributed by atoms with Gasteiger partial charge in [-0.15, -0.1) is 0 Å². The zero-order valence-corrected chi connectivity index (χ0v) is 10.6. The van der Waals surface area contributed by atoms with Crippen molar-refractivity contribution in [1.82, 2.24) is 9.97 Å². The molecule has 104 valence electrons. The SMILES string of the molecule is CNc1[nH]c(=O)ncc1OCc1ccccc1[N+](=O)[O-]. The highest BCUT2D eigenvalue weighted by atomic mass is 16.6. The summed E-state index contributed by atoms with van der Waals surface area (Å²) in [5.74, 6) is 0.675. The van der Waals surface area contributed by atoms with Crippen LogP contribution in [0.25, 0.3) is 0 Å². The molecule has 0 saturated heterocycles. The predicted octanol–water partition coefficient (Wildman–Crippen LogP) is 1.30. The van der Waals surface area contributed by atoms with E-state index in [1.54, 1.807) is 25.2 Å². The van der Waals surface area contributed by atoms with Crippen molar-refractivity contribution in [2.24, 2.45) is 0 Å². The van der Waals surface area contributed by atoms with Gasteiger partial charge in [0, 0.05) is 13.1 Å². The number of hydrogen-bond acceptors (Lipinski definition) is 6. The van der Waals surface area contributed by atoms with E-state index in [0.717, 1.165) is 0 Å². The molecule has 8 nitrogen and oxygen atoms in total. The van der Waals surface area contributed by atoms with Gasteiger partial charge in [-0.1, -0.05) is 12.1 Å². The molecule has 20 heavy (non-hydrogen) atoms. The second-order valence-electron chi connectivity index (χ2n) is 3.85. The van der Waals surface area contributed by atoms with Crippen LogP contribution in [0, 0.1) is 10.1 Å². The number of rotatable bonds is 5. The van der Waals surface area contributed by atoms with E-state index >= 15 is 0 Å². The summed E-state index contributed by atoms with van der Waals surface area (Å²) in [5, 5.41) is 13.6. The highest BCUT2D eigenvalue weighted by Gasteiger charge is 2.13. The van der Waals surface area contributed by atoms with Crippen LogP contribution < -0.4 is 15.7 Å². The lowest BCUT2D eigenvalue weighted by Crippen LogP contribution is -2.13. The lowest BCUT2D eigenvalue weighted by Gasteiger charge is -2.09. The summed E-state index contributed by atoms with van der Waals surface area (Å²) in [6.45, 7) is -0.000439. The molecule has 0 radical (unpaired) electrons. The van der Waals surface area contributed by atoms with Crippen molar-refractivity contribution < 1.29 is 9.66 Å². The first-order valence-electron chi connectivity index (χ1n) is 5.74. The lowest BCUT2D eigenvalue weighted by molar-refractivity contribution is -0.385. The Bertz CT molecular complexity index is 683. The molecule has 0 fully saturated rings. The maximum absolute atomic E-state index is 11.1. The monoisotopic (exact) mass is 276 g/mol. The van der Waals surface area contributed by atoms with E-state index in [0.29, 0.717) is 17.1 Å². The number of H-pyrrole nitrogens is 1. The normalized spacial score (nSPS) is 10.1. The summed E-state index contributed by atoms with van der Waals surface area (Å²) < 4.78 is 5.46. The van der Waals surface area contributed by atoms with Gasteiger partial charge in [0.25, 0.3) is 5.69 Å². The summed E-state index contributed by atoms with van der Waals surface area (Å²) in [5.41, 5.74) is -0.0889. The zero-order chi connectivity index (χ0) is 14.5. The van der Waals surface area contributed by atoms with Crippen LogP contribution in [0.1, 0.15) is 5.56 Å². The number of anilines is 1. The Kier molecular flexibility index (Phi) is 3.94. The smallest absolute Gasteiger partial charge is 0.346 e. The Morgan fingerprint density at radius 3 is 2.90 bits per heavy atom. The number of ether oxygens (including phenoxy) is 1. The van der Waals surface area contributed by atoms with Crippen LogP contribution in [0.2, 0.25) is 0 Å². The fourth-order valence-electron chi connectivity index (χ4n) is 1.64.